The highest BCUT2D eigenvalue weighted by Crippen LogP contribution is 2.39. The van der Waals surface area contributed by atoms with E-state index < -0.39 is 11.6 Å². The summed E-state index contributed by atoms with van der Waals surface area (Å²) in [6.45, 7) is 0. The standard InChI is InChI=1S/C11H11ClF2/c12-9-5-1-3-7(9)8-4-2-6-10(13)11(8)14/h2,4,6-7,9H,1,3,5H2. The molecule has 0 nitrogen and oxygen atoms in total. The normalized spacial score (nSPS) is 26.8. The lowest BCUT2D eigenvalue weighted by Gasteiger charge is -2.14. The minimum atomic E-state index is -0.779. The average Bonchev–Trinajstić information content (AvgIpc) is 2.57. The van der Waals surface area contributed by atoms with Crippen LogP contribution in [0, 0.1) is 11.6 Å². The van der Waals surface area contributed by atoms with Crippen molar-refractivity contribution in [2.24, 2.45) is 0 Å². The number of alkyl halides is 1. The van der Waals surface area contributed by atoms with Crippen molar-refractivity contribution in [3.63, 3.8) is 0 Å². The third-order valence-electron chi connectivity index (χ3n) is 2.81. The molecule has 14 heavy (non-hydrogen) atoms. The lowest BCUT2D eigenvalue weighted by atomic mass is 9.97. The largest absolute Gasteiger partial charge is 0.204 e. The smallest absolute Gasteiger partial charge is 0.162 e. The van der Waals surface area contributed by atoms with E-state index in [4.69, 9.17) is 11.6 Å². The van der Waals surface area contributed by atoms with E-state index in [1.807, 2.05) is 0 Å². The van der Waals surface area contributed by atoms with Gasteiger partial charge in [0.1, 0.15) is 0 Å². The van der Waals surface area contributed by atoms with E-state index in [0.29, 0.717) is 5.56 Å². The van der Waals surface area contributed by atoms with E-state index in [-0.39, 0.29) is 11.3 Å². The zero-order chi connectivity index (χ0) is 10.1. The summed E-state index contributed by atoms with van der Waals surface area (Å²) in [5.74, 6) is -1.53. The number of halogens is 3. The van der Waals surface area contributed by atoms with Gasteiger partial charge in [-0.2, -0.15) is 0 Å². The molecule has 0 radical (unpaired) electrons. The molecule has 2 unspecified atom stereocenters. The van der Waals surface area contributed by atoms with Gasteiger partial charge >= 0.3 is 0 Å². The fourth-order valence-electron chi connectivity index (χ4n) is 2.07. The second-order valence-corrected chi connectivity index (χ2v) is 4.26. The van der Waals surface area contributed by atoms with Gasteiger partial charge in [-0.05, 0) is 24.5 Å². The van der Waals surface area contributed by atoms with Gasteiger partial charge in [0.05, 0.1) is 0 Å². The topological polar surface area (TPSA) is 0 Å². The highest BCUT2D eigenvalue weighted by atomic mass is 35.5. The van der Waals surface area contributed by atoms with Crippen LogP contribution >= 0.6 is 11.6 Å². The molecule has 1 saturated carbocycles. The lowest BCUT2D eigenvalue weighted by molar-refractivity contribution is 0.488. The summed E-state index contributed by atoms with van der Waals surface area (Å²) in [7, 11) is 0. The molecule has 0 amide bonds. The lowest BCUT2D eigenvalue weighted by Crippen LogP contribution is -2.08. The van der Waals surface area contributed by atoms with E-state index in [9.17, 15) is 8.78 Å². The van der Waals surface area contributed by atoms with Crippen LogP contribution in [0.1, 0.15) is 30.7 Å². The monoisotopic (exact) mass is 216 g/mol. The quantitative estimate of drug-likeness (QED) is 0.626. The van der Waals surface area contributed by atoms with Gasteiger partial charge in [0.25, 0.3) is 0 Å². The Bertz CT molecular complexity index is 338. The Balaban J connectivity index is 2.36. The van der Waals surface area contributed by atoms with Crippen LogP contribution in [0.4, 0.5) is 8.78 Å². The van der Waals surface area contributed by atoms with Crippen molar-refractivity contribution in [1.82, 2.24) is 0 Å². The number of rotatable bonds is 1. The minimum absolute atomic E-state index is 0.0210. The molecular weight excluding hydrogens is 206 g/mol. The van der Waals surface area contributed by atoms with Crippen LogP contribution in [0.25, 0.3) is 0 Å². The summed E-state index contributed by atoms with van der Waals surface area (Å²) in [6, 6.07) is 4.30. The Morgan fingerprint density at radius 1 is 1.21 bits per heavy atom. The van der Waals surface area contributed by atoms with Gasteiger partial charge in [-0.1, -0.05) is 18.6 Å². The molecule has 0 spiro atoms. The SMILES string of the molecule is Fc1cccc(C2CCCC2Cl)c1F. The third kappa shape index (κ3) is 1.63. The van der Waals surface area contributed by atoms with Crippen LogP contribution < -0.4 is 0 Å². The maximum absolute atomic E-state index is 13.4. The first-order valence-electron chi connectivity index (χ1n) is 4.78. The molecule has 76 valence electrons. The van der Waals surface area contributed by atoms with Gasteiger partial charge in [0.15, 0.2) is 11.6 Å². The van der Waals surface area contributed by atoms with Crippen molar-refractivity contribution in [3.05, 3.63) is 35.4 Å². The van der Waals surface area contributed by atoms with Crippen LogP contribution in [-0.2, 0) is 0 Å². The van der Waals surface area contributed by atoms with Gasteiger partial charge in [0.2, 0.25) is 0 Å². The Morgan fingerprint density at radius 2 is 2.00 bits per heavy atom. The van der Waals surface area contributed by atoms with Gasteiger partial charge < -0.3 is 0 Å². The Morgan fingerprint density at radius 3 is 2.64 bits per heavy atom. The second kappa shape index (κ2) is 3.85. The van der Waals surface area contributed by atoms with Crippen molar-refractivity contribution in [1.29, 1.82) is 0 Å². The predicted octanol–water partition coefficient (Wildman–Crippen LogP) is 3.84. The van der Waals surface area contributed by atoms with E-state index >= 15 is 0 Å². The second-order valence-electron chi connectivity index (χ2n) is 3.70. The maximum atomic E-state index is 13.4. The molecule has 2 rings (SSSR count). The summed E-state index contributed by atoms with van der Waals surface area (Å²) < 4.78 is 26.3. The van der Waals surface area contributed by atoms with Gasteiger partial charge in [-0.15, -0.1) is 11.6 Å². The molecule has 0 aromatic heterocycles. The molecule has 1 aliphatic carbocycles. The first-order valence-corrected chi connectivity index (χ1v) is 5.22. The van der Waals surface area contributed by atoms with E-state index in [1.54, 1.807) is 6.07 Å². The summed E-state index contributed by atoms with van der Waals surface area (Å²) >= 11 is 6.05. The van der Waals surface area contributed by atoms with Gasteiger partial charge in [-0.25, -0.2) is 8.78 Å². The van der Waals surface area contributed by atoms with Gasteiger partial charge in [-0.3, -0.25) is 0 Å². The van der Waals surface area contributed by atoms with Crippen molar-refractivity contribution in [2.45, 2.75) is 30.6 Å². The molecule has 1 aromatic rings. The molecule has 1 aromatic carbocycles. The van der Waals surface area contributed by atoms with Crippen molar-refractivity contribution < 1.29 is 8.78 Å². The van der Waals surface area contributed by atoms with Crippen molar-refractivity contribution in [2.75, 3.05) is 0 Å². The van der Waals surface area contributed by atoms with Crippen LogP contribution in [0.15, 0.2) is 18.2 Å². The number of hydrogen-bond acceptors (Lipinski definition) is 0. The van der Waals surface area contributed by atoms with Gasteiger partial charge in [0, 0.05) is 11.3 Å². The molecule has 1 aliphatic rings. The summed E-state index contributed by atoms with van der Waals surface area (Å²) in [4.78, 5) is 0. The first kappa shape index (κ1) is 9.91. The summed E-state index contributed by atoms with van der Waals surface area (Å²) in [6.07, 6.45) is 2.74. The third-order valence-corrected chi connectivity index (χ3v) is 3.33. The maximum Gasteiger partial charge on any atom is 0.162 e. The van der Waals surface area contributed by atoms with Crippen molar-refractivity contribution >= 4 is 11.6 Å². The molecule has 1 fully saturated rings. The molecular formula is C11H11ClF2. The molecule has 0 N–H and O–H groups in total. The zero-order valence-electron chi connectivity index (χ0n) is 7.64. The average molecular weight is 217 g/mol. The van der Waals surface area contributed by atoms with E-state index in [0.717, 1.165) is 25.3 Å². The van der Waals surface area contributed by atoms with Crippen LogP contribution in [0.3, 0.4) is 0 Å². The Labute approximate surface area is 86.9 Å². The Kier molecular flexibility index (Phi) is 2.73. The highest BCUT2D eigenvalue weighted by Gasteiger charge is 2.29. The van der Waals surface area contributed by atoms with E-state index in [1.165, 1.54) is 6.07 Å². The van der Waals surface area contributed by atoms with Crippen molar-refractivity contribution in [3.8, 4) is 0 Å². The Hall–Kier alpha value is -0.630. The number of hydrogen-bond donors (Lipinski definition) is 0. The van der Waals surface area contributed by atoms with Crippen LogP contribution in [0.5, 0.6) is 0 Å². The van der Waals surface area contributed by atoms with Crippen LogP contribution in [0.2, 0.25) is 0 Å². The fraction of sp³-hybridized carbons (Fsp3) is 0.455. The minimum Gasteiger partial charge on any atom is -0.204 e. The van der Waals surface area contributed by atoms with E-state index in [2.05, 4.69) is 0 Å². The molecule has 0 heterocycles. The van der Waals surface area contributed by atoms with Crippen LogP contribution in [-0.4, -0.2) is 5.38 Å². The highest BCUT2D eigenvalue weighted by molar-refractivity contribution is 6.21. The summed E-state index contributed by atoms with van der Waals surface area (Å²) in [5, 5.41) is -0.0497. The number of benzene rings is 1. The fourth-order valence-corrected chi connectivity index (χ4v) is 2.49. The summed E-state index contributed by atoms with van der Waals surface area (Å²) in [5.41, 5.74) is 0.433. The predicted molar refractivity (Wildman–Crippen MR) is 52.6 cm³/mol. The molecule has 0 bridgehead atoms. The zero-order valence-corrected chi connectivity index (χ0v) is 8.40. The molecule has 3 heteroatoms. The molecule has 2 atom stereocenters. The molecule has 0 saturated heterocycles. The first-order chi connectivity index (χ1) is 6.70. The molecule has 0 aliphatic heterocycles.